The van der Waals surface area contributed by atoms with Crippen LogP contribution in [0.1, 0.15) is 36.7 Å². The van der Waals surface area contributed by atoms with Crippen LogP contribution in [0.25, 0.3) is 11.5 Å². The number of amides is 1. The van der Waals surface area contributed by atoms with Gasteiger partial charge in [0.05, 0.1) is 6.42 Å². The highest BCUT2D eigenvalue weighted by Gasteiger charge is 2.29. The average Bonchev–Trinajstić information content (AvgIpc) is 3.27. The molecule has 0 aliphatic carbocycles. The standard InChI is InChI=1S/C20H24N6O/c1-14(2)26-13-21-22-20(26)19-16-12-25(10-9-17(16)24(3)23-19)18(27)11-15-7-5-4-6-8-15/h4-8,13-14H,9-12H2,1-3H3. The van der Waals surface area contributed by atoms with E-state index in [1.54, 1.807) is 6.33 Å². The molecular weight excluding hydrogens is 340 g/mol. The Hall–Kier alpha value is -2.96. The van der Waals surface area contributed by atoms with Crippen LogP contribution >= 0.6 is 0 Å². The lowest BCUT2D eigenvalue weighted by Gasteiger charge is -2.28. The van der Waals surface area contributed by atoms with Crippen molar-refractivity contribution in [3.05, 3.63) is 53.5 Å². The van der Waals surface area contributed by atoms with Crippen molar-refractivity contribution in [2.24, 2.45) is 7.05 Å². The Kier molecular flexibility index (Phi) is 4.51. The maximum absolute atomic E-state index is 12.8. The molecule has 0 saturated heterocycles. The number of carbonyl (C=O) groups is 1. The molecular formula is C20H24N6O. The van der Waals surface area contributed by atoms with Gasteiger partial charge < -0.3 is 9.47 Å². The highest BCUT2D eigenvalue weighted by molar-refractivity contribution is 5.79. The number of rotatable bonds is 4. The zero-order valence-electron chi connectivity index (χ0n) is 16.0. The lowest BCUT2D eigenvalue weighted by atomic mass is 10.0. The van der Waals surface area contributed by atoms with E-state index in [-0.39, 0.29) is 11.9 Å². The molecule has 0 fully saturated rings. The first kappa shape index (κ1) is 17.5. The molecule has 0 unspecified atom stereocenters. The summed E-state index contributed by atoms with van der Waals surface area (Å²) in [4.78, 5) is 14.7. The summed E-state index contributed by atoms with van der Waals surface area (Å²) in [6, 6.07) is 10.1. The Labute approximate surface area is 158 Å². The predicted molar refractivity (Wildman–Crippen MR) is 102 cm³/mol. The highest BCUT2D eigenvalue weighted by atomic mass is 16.2. The molecule has 0 bridgehead atoms. The van der Waals surface area contributed by atoms with Gasteiger partial charge in [-0.05, 0) is 19.4 Å². The Morgan fingerprint density at radius 1 is 1.22 bits per heavy atom. The maximum Gasteiger partial charge on any atom is 0.227 e. The summed E-state index contributed by atoms with van der Waals surface area (Å²) in [5.74, 6) is 0.909. The van der Waals surface area contributed by atoms with Crippen molar-refractivity contribution in [1.29, 1.82) is 0 Å². The van der Waals surface area contributed by atoms with Crippen molar-refractivity contribution < 1.29 is 4.79 Å². The van der Waals surface area contributed by atoms with Crippen molar-refractivity contribution in [2.75, 3.05) is 6.54 Å². The van der Waals surface area contributed by atoms with E-state index >= 15 is 0 Å². The summed E-state index contributed by atoms with van der Waals surface area (Å²) < 4.78 is 3.94. The first-order valence-electron chi connectivity index (χ1n) is 9.31. The van der Waals surface area contributed by atoms with Crippen molar-refractivity contribution in [3.8, 4) is 11.5 Å². The second-order valence-corrected chi connectivity index (χ2v) is 7.28. The van der Waals surface area contributed by atoms with Crippen LogP contribution in [-0.2, 0) is 31.2 Å². The van der Waals surface area contributed by atoms with Crippen molar-refractivity contribution in [2.45, 2.75) is 39.3 Å². The predicted octanol–water partition coefficient (Wildman–Crippen LogP) is 2.39. The Morgan fingerprint density at radius 2 is 2.00 bits per heavy atom. The first-order chi connectivity index (χ1) is 13.0. The van der Waals surface area contributed by atoms with Gasteiger partial charge in [-0.2, -0.15) is 5.10 Å². The summed E-state index contributed by atoms with van der Waals surface area (Å²) in [5.41, 5.74) is 4.13. The van der Waals surface area contributed by atoms with Gasteiger partial charge >= 0.3 is 0 Å². The molecule has 1 amide bonds. The van der Waals surface area contributed by atoms with Gasteiger partial charge in [0.25, 0.3) is 0 Å². The summed E-state index contributed by atoms with van der Waals surface area (Å²) in [6.07, 6.45) is 2.96. The number of carbonyl (C=O) groups excluding carboxylic acids is 1. The van der Waals surface area contributed by atoms with Gasteiger partial charge in [-0.15, -0.1) is 10.2 Å². The third kappa shape index (κ3) is 3.25. The summed E-state index contributed by atoms with van der Waals surface area (Å²) in [6.45, 7) is 5.47. The van der Waals surface area contributed by atoms with Gasteiger partial charge in [-0.3, -0.25) is 9.48 Å². The van der Waals surface area contributed by atoms with Gasteiger partial charge in [-0.25, -0.2) is 0 Å². The number of aromatic nitrogens is 5. The Balaban J connectivity index is 1.62. The molecule has 3 heterocycles. The van der Waals surface area contributed by atoms with E-state index in [1.165, 1.54) is 5.69 Å². The Morgan fingerprint density at radius 3 is 2.74 bits per heavy atom. The second-order valence-electron chi connectivity index (χ2n) is 7.28. The van der Waals surface area contributed by atoms with E-state index in [0.717, 1.165) is 29.1 Å². The SMILES string of the molecule is CC(C)n1cnnc1-c1nn(C)c2c1CN(C(=O)Cc1ccccc1)CC2. The van der Waals surface area contributed by atoms with Crippen LogP contribution in [-0.4, -0.2) is 41.9 Å². The number of aryl methyl sites for hydroxylation is 1. The number of fused-ring (bicyclic) bond motifs is 1. The third-order valence-electron chi connectivity index (χ3n) is 5.13. The smallest absolute Gasteiger partial charge is 0.227 e. The minimum atomic E-state index is 0.145. The molecule has 1 aliphatic rings. The molecule has 27 heavy (non-hydrogen) atoms. The van der Waals surface area contributed by atoms with E-state index in [1.807, 2.05) is 51.5 Å². The van der Waals surface area contributed by atoms with E-state index in [9.17, 15) is 4.79 Å². The molecule has 4 rings (SSSR count). The topological polar surface area (TPSA) is 68.8 Å². The molecule has 1 aromatic carbocycles. The van der Waals surface area contributed by atoms with E-state index in [2.05, 4.69) is 24.0 Å². The molecule has 0 saturated carbocycles. The zero-order chi connectivity index (χ0) is 19.0. The van der Waals surface area contributed by atoms with Crippen LogP contribution in [0.5, 0.6) is 0 Å². The summed E-state index contributed by atoms with van der Waals surface area (Å²) in [5, 5.41) is 13.1. The molecule has 0 spiro atoms. The quantitative estimate of drug-likeness (QED) is 0.713. The molecule has 1 aliphatic heterocycles. The fraction of sp³-hybridized carbons (Fsp3) is 0.400. The summed E-state index contributed by atoms with van der Waals surface area (Å²) >= 11 is 0. The number of hydrogen-bond donors (Lipinski definition) is 0. The van der Waals surface area contributed by atoms with Crippen LogP contribution in [0.2, 0.25) is 0 Å². The van der Waals surface area contributed by atoms with Crippen LogP contribution in [0, 0.1) is 0 Å². The van der Waals surface area contributed by atoms with Gasteiger partial charge in [0.1, 0.15) is 12.0 Å². The van der Waals surface area contributed by atoms with Crippen molar-refractivity contribution in [1.82, 2.24) is 29.4 Å². The minimum Gasteiger partial charge on any atom is -0.338 e. The van der Waals surface area contributed by atoms with Crippen molar-refractivity contribution >= 4 is 5.91 Å². The van der Waals surface area contributed by atoms with E-state index in [0.29, 0.717) is 19.5 Å². The molecule has 3 aromatic rings. The van der Waals surface area contributed by atoms with Crippen LogP contribution in [0.3, 0.4) is 0 Å². The maximum atomic E-state index is 12.8. The lowest BCUT2D eigenvalue weighted by molar-refractivity contribution is -0.131. The van der Waals surface area contributed by atoms with Crippen molar-refractivity contribution in [3.63, 3.8) is 0 Å². The van der Waals surface area contributed by atoms with Crippen LogP contribution in [0.4, 0.5) is 0 Å². The largest absolute Gasteiger partial charge is 0.338 e. The summed E-state index contributed by atoms with van der Waals surface area (Å²) in [7, 11) is 1.96. The third-order valence-corrected chi connectivity index (χ3v) is 5.13. The Bertz CT molecular complexity index is 956. The molecule has 7 nitrogen and oxygen atoms in total. The highest BCUT2D eigenvalue weighted by Crippen LogP contribution is 2.30. The van der Waals surface area contributed by atoms with E-state index in [4.69, 9.17) is 5.10 Å². The van der Waals surface area contributed by atoms with Gasteiger partial charge in [0, 0.05) is 43.9 Å². The molecule has 0 radical (unpaired) electrons. The molecule has 2 aromatic heterocycles. The fourth-order valence-electron chi connectivity index (χ4n) is 3.66. The number of hydrogen-bond acceptors (Lipinski definition) is 4. The van der Waals surface area contributed by atoms with E-state index < -0.39 is 0 Å². The monoisotopic (exact) mass is 364 g/mol. The zero-order valence-corrected chi connectivity index (χ0v) is 16.0. The fourth-order valence-corrected chi connectivity index (χ4v) is 3.66. The molecule has 7 heteroatoms. The van der Waals surface area contributed by atoms with Crippen LogP contribution in [0.15, 0.2) is 36.7 Å². The number of nitrogens with zero attached hydrogens (tertiary/aromatic N) is 6. The molecule has 0 N–H and O–H groups in total. The lowest BCUT2D eigenvalue weighted by Crippen LogP contribution is -2.37. The molecule has 0 atom stereocenters. The van der Waals surface area contributed by atoms with Crippen LogP contribution < -0.4 is 0 Å². The van der Waals surface area contributed by atoms with Gasteiger partial charge in [0.2, 0.25) is 5.91 Å². The molecule has 140 valence electrons. The average molecular weight is 364 g/mol. The first-order valence-corrected chi connectivity index (χ1v) is 9.31. The van der Waals surface area contributed by atoms with Gasteiger partial charge in [0.15, 0.2) is 5.82 Å². The minimum absolute atomic E-state index is 0.145. The van der Waals surface area contributed by atoms with Gasteiger partial charge in [-0.1, -0.05) is 30.3 Å². The number of benzene rings is 1. The second kappa shape index (κ2) is 6.98. The normalized spacial score (nSPS) is 13.9.